The molecule has 1 unspecified atom stereocenters. The molecule has 35 heavy (non-hydrogen) atoms. The standard InChI is InChI=1S/C26H27N3O6/c1-2-16(11-12-24(30)27-14-17-13-23(25(31)32)29-35-17)28-26(33)34-15-22-20-9-5-3-7-18(20)19-8-4-6-10-21(19)22/h3-10,13,16,22H,2,11-12,14-15H2,1H3,(H,27,30)(H,28,33)(H,31,32). The van der Waals surface area contributed by atoms with Crippen LogP contribution >= 0.6 is 0 Å². The van der Waals surface area contributed by atoms with Crippen molar-refractivity contribution in [2.75, 3.05) is 6.61 Å². The lowest BCUT2D eigenvalue weighted by atomic mass is 9.98. The number of amides is 2. The van der Waals surface area contributed by atoms with Crippen LogP contribution in [0.25, 0.3) is 11.1 Å². The molecule has 1 aliphatic rings. The Balaban J connectivity index is 1.24. The summed E-state index contributed by atoms with van der Waals surface area (Å²) in [5.74, 6) is -1.21. The Bertz CT molecular complexity index is 1180. The third-order valence-corrected chi connectivity index (χ3v) is 6.12. The van der Waals surface area contributed by atoms with Crippen LogP contribution in [-0.2, 0) is 16.1 Å². The number of rotatable bonds is 10. The Morgan fingerprint density at radius 3 is 2.34 bits per heavy atom. The smallest absolute Gasteiger partial charge is 0.407 e. The SMILES string of the molecule is CCC(CCC(=O)NCc1cc(C(=O)O)no1)NC(=O)OCC1c2ccccc2-c2ccccc21. The van der Waals surface area contributed by atoms with Crippen molar-refractivity contribution in [1.82, 2.24) is 15.8 Å². The molecule has 0 aliphatic heterocycles. The number of nitrogens with one attached hydrogen (secondary N) is 2. The monoisotopic (exact) mass is 477 g/mol. The van der Waals surface area contributed by atoms with Crippen molar-refractivity contribution in [3.63, 3.8) is 0 Å². The Morgan fingerprint density at radius 2 is 1.74 bits per heavy atom. The quantitative estimate of drug-likeness (QED) is 0.401. The fourth-order valence-corrected chi connectivity index (χ4v) is 4.26. The summed E-state index contributed by atoms with van der Waals surface area (Å²) in [4.78, 5) is 35.5. The molecule has 2 amide bonds. The van der Waals surface area contributed by atoms with Crippen LogP contribution in [0.5, 0.6) is 0 Å². The summed E-state index contributed by atoms with van der Waals surface area (Å²) < 4.78 is 10.5. The maximum atomic E-state index is 12.5. The van der Waals surface area contributed by atoms with Crippen LogP contribution < -0.4 is 10.6 Å². The second-order valence-corrected chi connectivity index (χ2v) is 8.37. The van der Waals surface area contributed by atoms with E-state index in [1.54, 1.807) is 0 Å². The third kappa shape index (κ3) is 5.68. The van der Waals surface area contributed by atoms with Gasteiger partial charge in [-0.25, -0.2) is 9.59 Å². The molecule has 182 valence electrons. The molecule has 0 spiro atoms. The minimum Gasteiger partial charge on any atom is -0.476 e. The Hall–Kier alpha value is -4.14. The van der Waals surface area contributed by atoms with Crippen molar-refractivity contribution in [2.24, 2.45) is 0 Å². The predicted molar refractivity (Wildman–Crippen MR) is 127 cm³/mol. The van der Waals surface area contributed by atoms with E-state index < -0.39 is 12.1 Å². The van der Waals surface area contributed by atoms with Gasteiger partial charge < -0.3 is 25.0 Å². The van der Waals surface area contributed by atoms with Gasteiger partial charge in [-0.05, 0) is 35.1 Å². The highest BCUT2D eigenvalue weighted by Crippen LogP contribution is 2.44. The Kier molecular flexibility index (Phi) is 7.45. The van der Waals surface area contributed by atoms with Crippen molar-refractivity contribution in [3.05, 3.63) is 77.2 Å². The first-order valence-electron chi connectivity index (χ1n) is 11.5. The first kappa shape index (κ1) is 24.0. The zero-order valence-electron chi connectivity index (χ0n) is 19.3. The molecule has 0 fully saturated rings. The molecule has 1 atom stereocenters. The number of benzene rings is 2. The van der Waals surface area contributed by atoms with Gasteiger partial charge in [0.2, 0.25) is 5.91 Å². The number of hydrogen-bond donors (Lipinski definition) is 3. The van der Waals surface area contributed by atoms with Gasteiger partial charge in [0.05, 0.1) is 6.54 Å². The van der Waals surface area contributed by atoms with Gasteiger partial charge in [0, 0.05) is 24.4 Å². The van der Waals surface area contributed by atoms with Gasteiger partial charge in [-0.3, -0.25) is 4.79 Å². The molecule has 3 aromatic rings. The number of alkyl carbamates (subject to hydrolysis) is 1. The minimum absolute atomic E-state index is 0.0169. The summed E-state index contributed by atoms with van der Waals surface area (Å²) in [6.45, 7) is 2.19. The number of aromatic carboxylic acids is 1. The molecular weight excluding hydrogens is 450 g/mol. The largest absolute Gasteiger partial charge is 0.476 e. The number of carbonyl (C=O) groups excluding carboxylic acids is 2. The van der Waals surface area contributed by atoms with E-state index in [0.29, 0.717) is 12.8 Å². The second kappa shape index (κ2) is 10.9. The van der Waals surface area contributed by atoms with Gasteiger partial charge in [0.15, 0.2) is 11.5 Å². The molecular formula is C26H27N3O6. The van der Waals surface area contributed by atoms with Crippen LogP contribution in [0.4, 0.5) is 4.79 Å². The normalized spacial score (nSPS) is 12.9. The molecule has 0 saturated heterocycles. The number of carboxylic acids is 1. The maximum absolute atomic E-state index is 12.5. The van der Waals surface area contributed by atoms with Gasteiger partial charge >= 0.3 is 12.1 Å². The fraction of sp³-hybridized carbons (Fsp3) is 0.308. The van der Waals surface area contributed by atoms with Gasteiger partial charge in [0.25, 0.3) is 0 Å². The number of aromatic nitrogens is 1. The molecule has 9 nitrogen and oxygen atoms in total. The van der Waals surface area contributed by atoms with E-state index in [1.165, 1.54) is 17.2 Å². The summed E-state index contributed by atoms with van der Waals surface area (Å²) in [6, 6.07) is 17.3. The molecule has 1 heterocycles. The molecule has 4 rings (SSSR count). The highest BCUT2D eigenvalue weighted by molar-refractivity contribution is 5.85. The van der Waals surface area contributed by atoms with E-state index in [2.05, 4.69) is 40.1 Å². The van der Waals surface area contributed by atoms with Crippen LogP contribution in [0, 0.1) is 0 Å². The van der Waals surface area contributed by atoms with Crippen molar-refractivity contribution in [1.29, 1.82) is 0 Å². The van der Waals surface area contributed by atoms with Crippen LogP contribution in [0.1, 0.15) is 59.5 Å². The molecule has 9 heteroatoms. The van der Waals surface area contributed by atoms with Crippen LogP contribution in [0.3, 0.4) is 0 Å². The van der Waals surface area contributed by atoms with Gasteiger partial charge in [-0.2, -0.15) is 0 Å². The van der Waals surface area contributed by atoms with Crippen LogP contribution in [0.2, 0.25) is 0 Å². The highest BCUT2D eigenvalue weighted by atomic mass is 16.5. The summed E-state index contributed by atoms with van der Waals surface area (Å²) in [5.41, 5.74) is 4.41. The van der Waals surface area contributed by atoms with E-state index in [1.807, 2.05) is 31.2 Å². The van der Waals surface area contributed by atoms with E-state index in [-0.39, 0.29) is 48.9 Å². The van der Waals surface area contributed by atoms with Crippen molar-refractivity contribution in [2.45, 2.75) is 44.7 Å². The molecule has 0 saturated carbocycles. The Labute approximate surface area is 202 Å². The zero-order valence-corrected chi connectivity index (χ0v) is 19.3. The van der Waals surface area contributed by atoms with E-state index in [4.69, 9.17) is 14.4 Å². The van der Waals surface area contributed by atoms with E-state index in [0.717, 1.165) is 11.1 Å². The lowest BCUT2D eigenvalue weighted by Gasteiger charge is -2.19. The summed E-state index contributed by atoms with van der Waals surface area (Å²) in [5, 5.41) is 17.8. The topological polar surface area (TPSA) is 131 Å². The predicted octanol–water partition coefficient (Wildman–Crippen LogP) is 4.09. The van der Waals surface area contributed by atoms with Gasteiger partial charge in [-0.1, -0.05) is 60.6 Å². The summed E-state index contributed by atoms with van der Waals surface area (Å²) in [7, 11) is 0. The van der Waals surface area contributed by atoms with Crippen molar-refractivity contribution >= 4 is 18.0 Å². The maximum Gasteiger partial charge on any atom is 0.407 e. The summed E-state index contributed by atoms with van der Waals surface area (Å²) in [6.07, 6.45) is 0.745. The van der Waals surface area contributed by atoms with Crippen molar-refractivity contribution in [3.8, 4) is 11.1 Å². The number of fused-ring (bicyclic) bond motifs is 3. The number of carbonyl (C=O) groups is 3. The number of hydrogen-bond acceptors (Lipinski definition) is 6. The number of nitrogens with zero attached hydrogens (tertiary/aromatic N) is 1. The summed E-state index contributed by atoms with van der Waals surface area (Å²) >= 11 is 0. The van der Waals surface area contributed by atoms with E-state index in [9.17, 15) is 14.4 Å². The lowest BCUT2D eigenvalue weighted by molar-refractivity contribution is -0.121. The minimum atomic E-state index is -1.20. The molecule has 0 radical (unpaired) electrons. The molecule has 3 N–H and O–H groups in total. The first-order valence-corrected chi connectivity index (χ1v) is 11.5. The number of ether oxygens (including phenoxy) is 1. The average molecular weight is 478 g/mol. The third-order valence-electron chi connectivity index (χ3n) is 6.12. The van der Waals surface area contributed by atoms with Crippen LogP contribution in [0.15, 0.2) is 59.1 Å². The average Bonchev–Trinajstić information content (AvgIpc) is 3.47. The molecule has 2 aromatic carbocycles. The molecule has 1 aliphatic carbocycles. The van der Waals surface area contributed by atoms with Crippen molar-refractivity contribution < 1.29 is 28.8 Å². The molecule has 1 aromatic heterocycles. The number of carboxylic acid groups (broad SMARTS) is 1. The van der Waals surface area contributed by atoms with Crippen LogP contribution in [-0.4, -0.2) is 40.9 Å². The Morgan fingerprint density at radius 1 is 1.09 bits per heavy atom. The highest BCUT2D eigenvalue weighted by Gasteiger charge is 2.29. The van der Waals surface area contributed by atoms with Gasteiger partial charge in [0.1, 0.15) is 6.61 Å². The second-order valence-electron chi connectivity index (χ2n) is 8.37. The van der Waals surface area contributed by atoms with Gasteiger partial charge in [-0.15, -0.1) is 0 Å². The lowest BCUT2D eigenvalue weighted by Crippen LogP contribution is -2.36. The zero-order chi connectivity index (χ0) is 24.8. The fourth-order valence-electron chi connectivity index (χ4n) is 4.26. The molecule has 0 bridgehead atoms. The first-order chi connectivity index (χ1) is 17.0. The van der Waals surface area contributed by atoms with E-state index >= 15 is 0 Å².